The molecule has 28 heavy (non-hydrogen) atoms. The Kier molecular flexibility index (Phi) is 6.73. The van der Waals surface area contributed by atoms with Gasteiger partial charge in [-0.3, -0.25) is 0 Å². The number of benzene rings is 1. The van der Waals surface area contributed by atoms with E-state index in [1.807, 2.05) is 13.0 Å². The van der Waals surface area contributed by atoms with Crippen molar-refractivity contribution >= 4 is 23.4 Å². The van der Waals surface area contributed by atoms with Crippen molar-refractivity contribution in [3.63, 3.8) is 0 Å². The molecule has 1 aliphatic rings. The smallest absolute Gasteiger partial charge is 0.406 e. The molecule has 1 N–H and O–H groups in total. The Hall–Kier alpha value is -2.34. The van der Waals surface area contributed by atoms with Crippen molar-refractivity contribution in [3.05, 3.63) is 45.1 Å². The average Bonchev–Trinajstić information content (AvgIpc) is 3.15. The molecule has 1 aromatic carbocycles. The fraction of sp³-hybridized carbons (Fsp3) is 0.455. The molecule has 1 amide bonds. The van der Waals surface area contributed by atoms with Gasteiger partial charge in [-0.25, -0.2) is 9.59 Å². The molecule has 1 heterocycles. The number of hydrogen-bond acceptors (Lipinski definition) is 5. The number of alkyl carbamates (subject to hydrolysis) is 1. The van der Waals surface area contributed by atoms with Crippen LogP contribution in [-0.4, -0.2) is 32.3 Å². The number of amides is 1. The van der Waals surface area contributed by atoms with Gasteiger partial charge in [0.25, 0.3) is 0 Å². The van der Waals surface area contributed by atoms with Gasteiger partial charge in [0, 0.05) is 17.3 Å². The van der Waals surface area contributed by atoms with Crippen LogP contribution in [0.2, 0.25) is 0 Å². The summed E-state index contributed by atoms with van der Waals surface area (Å²) in [6.45, 7) is 4.93. The first-order valence-corrected chi connectivity index (χ1v) is 10.6. The summed E-state index contributed by atoms with van der Waals surface area (Å²) in [6, 6.07) is 8.54. The minimum atomic E-state index is -0.395. The normalized spacial score (nSPS) is 13.2. The predicted octanol–water partition coefficient (Wildman–Crippen LogP) is 4.93. The number of rotatable bonds is 7. The number of fused-ring (bicyclic) bond motifs is 3. The van der Waals surface area contributed by atoms with Gasteiger partial charge in [0.2, 0.25) is 0 Å². The monoisotopic (exact) mass is 401 g/mol. The SMILES string of the molecule is CCCC(CNC(=O)OC)c1ccc2c(c1)CCc1sc(C(=O)OCC)cc1-2. The zero-order valence-corrected chi connectivity index (χ0v) is 17.5. The molecule has 1 aliphatic carbocycles. The van der Waals surface area contributed by atoms with Gasteiger partial charge in [0.1, 0.15) is 4.88 Å². The molecule has 0 saturated heterocycles. The van der Waals surface area contributed by atoms with E-state index in [1.165, 1.54) is 28.7 Å². The molecule has 0 aliphatic heterocycles. The fourth-order valence-corrected chi connectivity index (χ4v) is 4.81. The summed E-state index contributed by atoms with van der Waals surface area (Å²) in [7, 11) is 1.38. The van der Waals surface area contributed by atoms with Crippen molar-refractivity contribution < 1.29 is 19.1 Å². The first-order chi connectivity index (χ1) is 13.6. The van der Waals surface area contributed by atoms with Crippen LogP contribution in [0.15, 0.2) is 24.3 Å². The summed E-state index contributed by atoms with van der Waals surface area (Å²) >= 11 is 1.54. The zero-order chi connectivity index (χ0) is 20.1. The lowest BCUT2D eigenvalue weighted by molar-refractivity contribution is 0.0532. The predicted molar refractivity (Wildman–Crippen MR) is 111 cm³/mol. The van der Waals surface area contributed by atoms with Gasteiger partial charge in [-0.1, -0.05) is 31.5 Å². The summed E-state index contributed by atoms with van der Waals surface area (Å²) in [4.78, 5) is 25.5. The van der Waals surface area contributed by atoms with Crippen LogP contribution >= 0.6 is 11.3 Å². The van der Waals surface area contributed by atoms with Crippen LogP contribution in [0, 0.1) is 0 Å². The van der Waals surface area contributed by atoms with Crippen LogP contribution in [0.25, 0.3) is 11.1 Å². The number of ether oxygens (including phenoxy) is 2. The maximum absolute atomic E-state index is 12.1. The number of hydrogen-bond donors (Lipinski definition) is 1. The highest BCUT2D eigenvalue weighted by Crippen LogP contribution is 2.40. The molecule has 0 radical (unpaired) electrons. The summed E-state index contributed by atoms with van der Waals surface area (Å²) in [5, 5.41) is 2.83. The van der Waals surface area contributed by atoms with Crippen molar-refractivity contribution in [1.29, 1.82) is 0 Å². The van der Waals surface area contributed by atoms with E-state index in [0.29, 0.717) is 18.0 Å². The Labute approximate surface area is 170 Å². The van der Waals surface area contributed by atoms with Crippen LogP contribution in [0.3, 0.4) is 0 Å². The van der Waals surface area contributed by atoms with Gasteiger partial charge in [-0.2, -0.15) is 0 Å². The van der Waals surface area contributed by atoms with E-state index in [0.717, 1.165) is 31.2 Å². The minimum Gasteiger partial charge on any atom is -0.462 e. The Balaban J connectivity index is 1.85. The van der Waals surface area contributed by atoms with E-state index in [-0.39, 0.29) is 11.9 Å². The number of thiophene rings is 1. The summed E-state index contributed by atoms with van der Waals surface area (Å²) < 4.78 is 9.85. The molecule has 1 atom stereocenters. The van der Waals surface area contributed by atoms with Gasteiger partial charge in [0.15, 0.2) is 0 Å². The van der Waals surface area contributed by atoms with Crippen LogP contribution in [0.5, 0.6) is 0 Å². The highest BCUT2D eigenvalue weighted by atomic mass is 32.1. The van der Waals surface area contributed by atoms with Crippen LogP contribution in [-0.2, 0) is 22.3 Å². The van der Waals surface area contributed by atoms with E-state index in [1.54, 1.807) is 11.3 Å². The van der Waals surface area contributed by atoms with Crippen LogP contribution in [0.4, 0.5) is 4.79 Å². The number of aryl methyl sites for hydroxylation is 2. The molecule has 0 spiro atoms. The molecule has 1 unspecified atom stereocenters. The fourth-order valence-electron chi connectivity index (χ4n) is 3.74. The maximum Gasteiger partial charge on any atom is 0.406 e. The Morgan fingerprint density at radius 2 is 2.00 bits per heavy atom. The molecule has 5 nitrogen and oxygen atoms in total. The molecular weight excluding hydrogens is 374 g/mol. The van der Waals surface area contributed by atoms with Crippen molar-refractivity contribution in [2.75, 3.05) is 20.3 Å². The molecule has 150 valence electrons. The van der Waals surface area contributed by atoms with Gasteiger partial charge < -0.3 is 14.8 Å². The van der Waals surface area contributed by atoms with E-state index in [9.17, 15) is 9.59 Å². The van der Waals surface area contributed by atoms with E-state index >= 15 is 0 Å². The topological polar surface area (TPSA) is 64.6 Å². The molecule has 0 bridgehead atoms. The summed E-state index contributed by atoms with van der Waals surface area (Å²) in [6.07, 6.45) is 3.55. The number of carbonyl (C=O) groups is 2. The molecule has 1 aromatic heterocycles. The molecule has 2 aromatic rings. The summed E-state index contributed by atoms with van der Waals surface area (Å²) in [5.74, 6) is 0.0188. The van der Waals surface area contributed by atoms with Gasteiger partial charge in [-0.15, -0.1) is 11.3 Å². The molecule has 0 saturated carbocycles. The maximum atomic E-state index is 12.1. The third kappa shape index (κ3) is 4.38. The third-order valence-corrected chi connectivity index (χ3v) is 6.29. The molecular formula is C22H27NO4S. The first-order valence-electron chi connectivity index (χ1n) is 9.82. The van der Waals surface area contributed by atoms with Crippen molar-refractivity contribution in [3.8, 4) is 11.1 Å². The lowest BCUT2D eigenvalue weighted by atomic mass is 9.85. The van der Waals surface area contributed by atoms with Gasteiger partial charge in [-0.05, 0) is 54.5 Å². The number of carbonyl (C=O) groups excluding carboxylic acids is 2. The molecule has 0 fully saturated rings. The van der Waals surface area contributed by atoms with Crippen molar-refractivity contribution in [1.82, 2.24) is 5.32 Å². The van der Waals surface area contributed by atoms with Crippen molar-refractivity contribution in [2.45, 2.75) is 45.4 Å². The summed E-state index contributed by atoms with van der Waals surface area (Å²) in [5.41, 5.74) is 4.90. The molecule has 3 rings (SSSR count). The lowest BCUT2D eigenvalue weighted by Gasteiger charge is -2.22. The van der Waals surface area contributed by atoms with E-state index in [4.69, 9.17) is 9.47 Å². The highest BCUT2D eigenvalue weighted by Gasteiger charge is 2.23. The number of esters is 1. The molecule has 6 heteroatoms. The Morgan fingerprint density at radius 3 is 2.71 bits per heavy atom. The standard InChI is InChI=1S/C22H27NO4S/c1-4-6-16(13-23-22(25)26-3)14-7-9-17-15(11-14)8-10-19-18(17)12-20(28-19)21(24)27-5-2/h7,9,11-12,16H,4-6,8,10,13H2,1-3H3,(H,23,25). The second-order valence-electron chi connectivity index (χ2n) is 6.94. The number of nitrogens with one attached hydrogen (secondary N) is 1. The van der Waals surface area contributed by atoms with E-state index < -0.39 is 6.09 Å². The largest absolute Gasteiger partial charge is 0.462 e. The van der Waals surface area contributed by atoms with Crippen LogP contribution < -0.4 is 5.32 Å². The van der Waals surface area contributed by atoms with Gasteiger partial charge in [0.05, 0.1) is 13.7 Å². The second-order valence-corrected chi connectivity index (χ2v) is 8.08. The quantitative estimate of drug-likeness (QED) is 0.668. The first kappa shape index (κ1) is 20.4. The second kappa shape index (κ2) is 9.24. The van der Waals surface area contributed by atoms with Crippen molar-refractivity contribution in [2.24, 2.45) is 0 Å². The van der Waals surface area contributed by atoms with E-state index in [2.05, 4.69) is 30.4 Å². The third-order valence-electron chi connectivity index (χ3n) is 5.11. The van der Waals surface area contributed by atoms with Crippen LogP contribution in [0.1, 0.15) is 58.3 Å². The minimum absolute atomic E-state index is 0.239. The highest BCUT2D eigenvalue weighted by molar-refractivity contribution is 7.14. The average molecular weight is 402 g/mol. The zero-order valence-electron chi connectivity index (χ0n) is 16.7. The lowest BCUT2D eigenvalue weighted by Crippen LogP contribution is -2.28. The Morgan fingerprint density at radius 1 is 1.18 bits per heavy atom. The Bertz CT molecular complexity index is 858. The van der Waals surface area contributed by atoms with Gasteiger partial charge >= 0.3 is 12.1 Å². The number of methoxy groups -OCH3 is 1.